The second-order valence-corrected chi connectivity index (χ2v) is 6.18. The average Bonchev–Trinajstić information content (AvgIpc) is 2.58. The van der Waals surface area contributed by atoms with E-state index in [9.17, 15) is 0 Å². The molecule has 3 rings (SSSR count). The number of hydrogen-bond donors (Lipinski definition) is 1. The van der Waals surface area contributed by atoms with Crippen molar-refractivity contribution >= 4 is 11.6 Å². The number of aryl methyl sites for hydroxylation is 1. The molecule has 0 aliphatic rings. The van der Waals surface area contributed by atoms with Crippen LogP contribution < -0.4 is 5.32 Å². The van der Waals surface area contributed by atoms with Crippen LogP contribution in [0.4, 0.5) is 0 Å². The van der Waals surface area contributed by atoms with Crippen LogP contribution in [0.1, 0.15) is 16.7 Å². The molecule has 116 valence electrons. The predicted octanol–water partition coefficient (Wildman–Crippen LogP) is 5.61. The van der Waals surface area contributed by atoms with Crippen LogP contribution in [0.2, 0.25) is 5.02 Å². The molecule has 0 aromatic heterocycles. The van der Waals surface area contributed by atoms with Gasteiger partial charge in [0.2, 0.25) is 0 Å². The van der Waals surface area contributed by atoms with E-state index < -0.39 is 0 Å². The summed E-state index contributed by atoms with van der Waals surface area (Å²) >= 11 is 5.90. The van der Waals surface area contributed by atoms with Crippen LogP contribution in [0.5, 0.6) is 0 Å². The fourth-order valence-corrected chi connectivity index (χ4v) is 2.78. The molecule has 3 aromatic carbocycles. The van der Waals surface area contributed by atoms with Gasteiger partial charge in [-0.15, -0.1) is 0 Å². The van der Waals surface area contributed by atoms with Crippen molar-refractivity contribution in [1.29, 1.82) is 0 Å². The quantitative estimate of drug-likeness (QED) is 0.644. The van der Waals surface area contributed by atoms with Crippen molar-refractivity contribution in [3.63, 3.8) is 0 Å². The van der Waals surface area contributed by atoms with Gasteiger partial charge < -0.3 is 5.32 Å². The predicted molar refractivity (Wildman–Crippen MR) is 98.6 cm³/mol. The number of hydrogen-bond acceptors (Lipinski definition) is 1. The summed E-state index contributed by atoms with van der Waals surface area (Å²) in [6.45, 7) is 3.85. The van der Waals surface area contributed by atoms with E-state index in [4.69, 9.17) is 11.6 Å². The molecule has 0 radical (unpaired) electrons. The zero-order chi connectivity index (χ0) is 16.1. The largest absolute Gasteiger partial charge is 0.309 e. The Hall–Kier alpha value is -2.09. The average molecular weight is 322 g/mol. The van der Waals surface area contributed by atoms with Gasteiger partial charge in [0.1, 0.15) is 0 Å². The second kappa shape index (κ2) is 7.45. The topological polar surface area (TPSA) is 12.0 Å². The van der Waals surface area contributed by atoms with Gasteiger partial charge in [-0.1, -0.05) is 72.3 Å². The molecule has 2 heteroatoms. The third-order valence-corrected chi connectivity index (χ3v) is 4.23. The molecule has 0 heterocycles. The van der Waals surface area contributed by atoms with E-state index >= 15 is 0 Å². The van der Waals surface area contributed by atoms with E-state index in [2.05, 4.69) is 72.9 Å². The molecule has 23 heavy (non-hydrogen) atoms. The maximum Gasteiger partial charge on any atom is 0.0406 e. The lowest BCUT2D eigenvalue weighted by Crippen LogP contribution is -2.12. The summed E-state index contributed by atoms with van der Waals surface area (Å²) < 4.78 is 0. The van der Waals surface area contributed by atoms with Gasteiger partial charge in [-0.05, 0) is 46.9 Å². The number of benzene rings is 3. The lowest BCUT2D eigenvalue weighted by atomic mass is 10.00. The van der Waals surface area contributed by atoms with E-state index in [1.54, 1.807) is 0 Å². The van der Waals surface area contributed by atoms with Gasteiger partial charge in [0.05, 0.1) is 0 Å². The highest BCUT2D eigenvalue weighted by molar-refractivity contribution is 6.30. The summed E-state index contributed by atoms with van der Waals surface area (Å²) in [5.74, 6) is 0. The standard InChI is InChI=1S/C21H20ClN/c1-16-4-2-3-5-21(16)19-10-6-17(7-11-19)14-23-15-18-8-12-20(22)13-9-18/h2-13,23H,14-15H2,1H3. The third kappa shape index (κ3) is 4.22. The summed E-state index contributed by atoms with van der Waals surface area (Å²) in [5, 5.41) is 4.24. The molecule has 0 aliphatic carbocycles. The summed E-state index contributed by atoms with van der Waals surface area (Å²) in [4.78, 5) is 0. The van der Waals surface area contributed by atoms with Crippen LogP contribution in [0, 0.1) is 6.92 Å². The smallest absolute Gasteiger partial charge is 0.0406 e. The Balaban J connectivity index is 1.59. The monoisotopic (exact) mass is 321 g/mol. The van der Waals surface area contributed by atoms with Crippen LogP contribution in [0.15, 0.2) is 72.8 Å². The molecule has 0 fully saturated rings. The first kappa shape index (κ1) is 15.8. The first-order valence-electron chi connectivity index (χ1n) is 7.82. The maximum atomic E-state index is 5.90. The molecule has 1 nitrogen and oxygen atoms in total. The van der Waals surface area contributed by atoms with Crippen molar-refractivity contribution in [1.82, 2.24) is 5.32 Å². The molecule has 0 saturated carbocycles. The van der Waals surface area contributed by atoms with E-state index in [1.807, 2.05) is 12.1 Å². The second-order valence-electron chi connectivity index (χ2n) is 5.74. The van der Waals surface area contributed by atoms with Crippen LogP contribution in [0.25, 0.3) is 11.1 Å². The summed E-state index contributed by atoms with van der Waals surface area (Å²) in [5.41, 5.74) is 6.40. The van der Waals surface area contributed by atoms with Gasteiger partial charge in [0, 0.05) is 18.1 Å². The zero-order valence-corrected chi connectivity index (χ0v) is 14.0. The minimum atomic E-state index is 0.778. The molecule has 0 spiro atoms. The lowest BCUT2D eigenvalue weighted by Gasteiger charge is -2.08. The fraction of sp³-hybridized carbons (Fsp3) is 0.143. The Morgan fingerprint density at radius 3 is 1.91 bits per heavy atom. The summed E-state index contributed by atoms with van der Waals surface area (Å²) in [7, 11) is 0. The number of nitrogens with one attached hydrogen (secondary N) is 1. The van der Waals surface area contributed by atoms with E-state index in [0.717, 1.165) is 18.1 Å². The number of halogens is 1. The van der Waals surface area contributed by atoms with Gasteiger partial charge >= 0.3 is 0 Å². The zero-order valence-electron chi connectivity index (χ0n) is 13.2. The Labute approximate surface area is 142 Å². The molecule has 0 amide bonds. The van der Waals surface area contributed by atoms with Crippen LogP contribution >= 0.6 is 11.6 Å². The van der Waals surface area contributed by atoms with Crippen LogP contribution in [-0.4, -0.2) is 0 Å². The van der Waals surface area contributed by atoms with E-state index in [1.165, 1.54) is 27.8 Å². The molecule has 0 aliphatic heterocycles. The van der Waals surface area contributed by atoms with Crippen molar-refractivity contribution in [3.8, 4) is 11.1 Å². The first-order chi connectivity index (χ1) is 11.2. The molecular weight excluding hydrogens is 302 g/mol. The van der Waals surface area contributed by atoms with Gasteiger partial charge in [-0.25, -0.2) is 0 Å². The summed E-state index contributed by atoms with van der Waals surface area (Å²) in [6.07, 6.45) is 0. The minimum absolute atomic E-state index is 0.778. The minimum Gasteiger partial charge on any atom is -0.309 e. The van der Waals surface area contributed by atoms with Crippen molar-refractivity contribution in [2.45, 2.75) is 20.0 Å². The molecule has 0 unspecified atom stereocenters. The number of rotatable bonds is 5. The Kier molecular flexibility index (Phi) is 5.12. The molecule has 0 saturated heterocycles. The normalized spacial score (nSPS) is 10.7. The molecule has 3 aromatic rings. The molecular formula is C21H20ClN. The lowest BCUT2D eigenvalue weighted by molar-refractivity contribution is 0.693. The third-order valence-electron chi connectivity index (χ3n) is 3.98. The highest BCUT2D eigenvalue weighted by Crippen LogP contribution is 2.23. The Bertz CT molecular complexity index is 761. The van der Waals surface area contributed by atoms with Gasteiger partial charge in [-0.2, -0.15) is 0 Å². The fourth-order valence-electron chi connectivity index (χ4n) is 2.65. The van der Waals surface area contributed by atoms with Gasteiger partial charge in [0.15, 0.2) is 0 Å². The Morgan fingerprint density at radius 2 is 1.30 bits per heavy atom. The molecule has 0 bridgehead atoms. The van der Waals surface area contributed by atoms with Gasteiger partial charge in [-0.3, -0.25) is 0 Å². The first-order valence-corrected chi connectivity index (χ1v) is 8.20. The highest BCUT2D eigenvalue weighted by Gasteiger charge is 2.01. The van der Waals surface area contributed by atoms with Crippen LogP contribution in [0.3, 0.4) is 0 Å². The van der Waals surface area contributed by atoms with Gasteiger partial charge in [0.25, 0.3) is 0 Å². The van der Waals surface area contributed by atoms with E-state index in [-0.39, 0.29) is 0 Å². The van der Waals surface area contributed by atoms with Crippen LogP contribution in [-0.2, 0) is 13.1 Å². The van der Waals surface area contributed by atoms with E-state index in [0.29, 0.717) is 0 Å². The Morgan fingerprint density at radius 1 is 0.739 bits per heavy atom. The molecule has 0 atom stereocenters. The SMILES string of the molecule is Cc1ccccc1-c1ccc(CNCc2ccc(Cl)cc2)cc1. The van der Waals surface area contributed by atoms with Crippen molar-refractivity contribution in [2.24, 2.45) is 0 Å². The van der Waals surface area contributed by atoms with Crippen molar-refractivity contribution < 1.29 is 0 Å². The van der Waals surface area contributed by atoms with Crippen molar-refractivity contribution in [2.75, 3.05) is 0 Å². The highest BCUT2D eigenvalue weighted by atomic mass is 35.5. The maximum absolute atomic E-state index is 5.90. The van der Waals surface area contributed by atoms with Crippen molar-refractivity contribution in [3.05, 3.63) is 94.5 Å². The molecule has 1 N–H and O–H groups in total. The summed E-state index contributed by atoms with van der Waals surface area (Å²) in [6, 6.07) is 25.2.